The quantitative estimate of drug-likeness (QED) is 0.688. The van der Waals surface area contributed by atoms with Crippen LogP contribution in [0.3, 0.4) is 0 Å². The van der Waals surface area contributed by atoms with Crippen LogP contribution in [-0.4, -0.2) is 4.98 Å². The number of fused-ring (bicyclic) bond motifs is 1. The molecule has 0 spiro atoms. The van der Waals surface area contributed by atoms with Crippen molar-refractivity contribution in [2.75, 3.05) is 0 Å². The summed E-state index contributed by atoms with van der Waals surface area (Å²) < 4.78 is 6.51. The largest absolute Gasteiger partial charge is 0.431 e. The molecule has 0 N–H and O–H groups in total. The van der Waals surface area contributed by atoms with E-state index in [1.807, 2.05) is 36.4 Å². The number of nitriles is 1. The molecule has 2 aromatic carbocycles. The van der Waals surface area contributed by atoms with E-state index in [1.165, 1.54) is 11.8 Å². The van der Waals surface area contributed by atoms with Gasteiger partial charge in [0.25, 0.3) is 5.22 Å². The van der Waals surface area contributed by atoms with Crippen LogP contribution in [0.25, 0.3) is 11.1 Å². The third-order valence-electron chi connectivity index (χ3n) is 2.53. The van der Waals surface area contributed by atoms with Gasteiger partial charge >= 0.3 is 0 Å². The maximum absolute atomic E-state index is 9.13. The van der Waals surface area contributed by atoms with Gasteiger partial charge in [-0.05, 0) is 42.1 Å². The Balaban J connectivity index is 1.99. The molecule has 0 aliphatic rings. The van der Waals surface area contributed by atoms with Crippen LogP contribution in [0, 0.1) is 11.3 Å². The molecule has 0 unspecified atom stereocenters. The highest BCUT2D eigenvalue weighted by Gasteiger charge is 2.10. The zero-order valence-corrected chi connectivity index (χ0v) is 12.0. The topological polar surface area (TPSA) is 49.8 Å². The SMILES string of the molecule is N#Cc1cc(Br)ccc1Sc1nc2ccccc2o1. The van der Waals surface area contributed by atoms with Crippen LogP contribution in [-0.2, 0) is 0 Å². The van der Waals surface area contributed by atoms with E-state index in [-0.39, 0.29) is 0 Å². The van der Waals surface area contributed by atoms with Gasteiger partial charge in [-0.2, -0.15) is 5.26 Å². The third kappa shape index (κ3) is 2.50. The molecule has 5 heteroatoms. The van der Waals surface area contributed by atoms with E-state index >= 15 is 0 Å². The van der Waals surface area contributed by atoms with Crippen LogP contribution in [0.2, 0.25) is 0 Å². The first kappa shape index (κ1) is 12.3. The second-order valence-corrected chi connectivity index (χ2v) is 5.71. The normalized spacial score (nSPS) is 10.5. The van der Waals surface area contributed by atoms with Gasteiger partial charge in [0, 0.05) is 9.37 Å². The molecule has 0 saturated carbocycles. The van der Waals surface area contributed by atoms with E-state index in [0.29, 0.717) is 10.8 Å². The summed E-state index contributed by atoms with van der Waals surface area (Å²) in [5.74, 6) is 0. The van der Waals surface area contributed by atoms with Crippen LogP contribution in [0.5, 0.6) is 0 Å². The Morgan fingerprint density at radius 1 is 1.21 bits per heavy atom. The lowest BCUT2D eigenvalue weighted by molar-refractivity contribution is 0.489. The lowest BCUT2D eigenvalue weighted by atomic mass is 10.2. The predicted octanol–water partition coefficient (Wildman–Crippen LogP) is 4.61. The summed E-state index contributed by atoms with van der Waals surface area (Å²) in [6.07, 6.45) is 0. The molecule has 0 fully saturated rings. The molecule has 0 saturated heterocycles. The van der Waals surface area contributed by atoms with Gasteiger partial charge < -0.3 is 4.42 Å². The van der Waals surface area contributed by atoms with Crippen molar-refractivity contribution in [2.45, 2.75) is 10.1 Å². The Morgan fingerprint density at radius 2 is 2.05 bits per heavy atom. The van der Waals surface area contributed by atoms with Crippen LogP contribution < -0.4 is 0 Å². The molecule has 0 bridgehead atoms. The first-order valence-electron chi connectivity index (χ1n) is 5.49. The highest BCUT2D eigenvalue weighted by Crippen LogP contribution is 2.33. The average molecular weight is 331 g/mol. The Morgan fingerprint density at radius 3 is 2.84 bits per heavy atom. The van der Waals surface area contributed by atoms with Gasteiger partial charge in [0.2, 0.25) is 0 Å². The molecule has 92 valence electrons. The summed E-state index contributed by atoms with van der Waals surface area (Å²) in [5.41, 5.74) is 2.17. The van der Waals surface area contributed by atoms with E-state index in [0.717, 1.165) is 20.5 Å². The van der Waals surface area contributed by atoms with Gasteiger partial charge in [0.15, 0.2) is 5.58 Å². The summed E-state index contributed by atoms with van der Waals surface area (Å²) in [7, 11) is 0. The highest BCUT2D eigenvalue weighted by molar-refractivity contribution is 9.10. The zero-order valence-electron chi connectivity index (χ0n) is 9.63. The number of hydrogen-bond acceptors (Lipinski definition) is 4. The summed E-state index contributed by atoms with van der Waals surface area (Å²) in [6.45, 7) is 0. The van der Waals surface area contributed by atoms with Gasteiger partial charge in [0.05, 0.1) is 5.56 Å². The van der Waals surface area contributed by atoms with Gasteiger partial charge in [0.1, 0.15) is 11.6 Å². The summed E-state index contributed by atoms with van der Waals surface area (Å²) in [5, 5.41) is 9.67. The molecule has 3 aromatic rings. The monoisotopic (exact) mass is 330 g/mol. The minimum absolute atomic E-state index is 0.542. The van der Waals surface area contributed by atoms with Crippen molar-refractivity contribution in [1.29, 1.82) is 5.26 Å². The first-order valence-corrected chi connectivity index (χ1v) is 7.10. The zero-order chi connectivity index (χ0) is 13.2. The molecule has 0 aliphatic heterocycles. The molecular weight excluding hydrogens is 324 g/mol. The number of aromatic nitrogens is 1. The van der Waals surface area contributed by atoms with Crippen molar-refractivity contribution in [2.24, 2.45) is 0 Å². The Labute approximate surface area is 122 Å². The molecule has 19 heavy (non-hydrogen) atoms. The molecule has 0 aliphatic carbocycles. The van der Waals surface area contributed by atoms with E-state index < -0.39 is 0 Å². The summed E-state index contributed by atoms with van der Waals surface area (Å²) in [6, 6.07) is 15.3. The Hall–Kier alpha value is -1.77. The van der Waals surface area contributed by atoms with Crippen molar-refractivity contribution in [3.63, 3.8) is 0 Å². The molecule has 1 heterocycles. The molecule has 3 nitrogen and oxygen atoms in total. The number of para-hydroxylation sites is 2. The lowest BCUT2D eigenvalue weighted by Gasteiger charge is -2.00. The molecule has 0 radical (unpaired) electrons. The number of nitrogens with zero attached hydrogens (tertiary/aromatic N) is 2. The van der Waals surface area contributed by atoms with E-state index in [2.05, 4.69) is 27.0 Å². The first-order chi connectivity index (χ1) is 9.26. The van der Waals surface area contributed by atoms with Gasteiger partial charge in [-0.25, -0.2) is 4.98 Å². The van der Waals surface area contributed by atoms with Crippen molar-refractivity contribution in [1.82, 2.24) is 4.98 Å². The molecule has 3 rings (SSSR count). The Bertz CT molecular complexity index is 758. The van der Waals surface area contributed by atoms with Crippen molar-refractivity contribution >= 4 is 38.8 Å². The number of benzene rings is 2. The predicted molar refractivity (Wildman–Crippen MR) is 77.0 cm³/mol. The number of halogens is 1. The number of rotatable bonds is 2. The molecular formula is C14H7BrN2OS. The fraction of sp³-hybridized carbons (Fsp3) is 0. The van der Waals surface area contributed by atoms with Gasteiger partial charge in [-0.3, -0.25) is 0 Å². The van der Waals surface area contributed by atoms with Crippen molar-refractivity contribution in [3.05, 3.63) is 52.5 Å². The fourth-order valence-corrected chi connectivity index (χ4v) is 2.84. The van der Waals surface area contributed by atoms with Crippen molar-refractivity contribution in [3.8, 4) is 6.07 Å². The highest BCUT2D eigenvalue weighted by atomic mass is 79.9. The fourth-order valence-electron chi connectivity index (χ4n) is 1.67. The van der Waals surface area contributed by atoms with E-state index in [1.54, 1.807) is 6.07 Å². The van der Waals surface area contributed by atoms with Gasteiger partial charge in [-0.1, -0.05) is 28.1 Å². The van der Waals surface area contributed by atoms with Crippen molar-refractivity contribution < 1.29 is 4.42 Å². The summed E-state index contributed by atoms with van der Waals surface area (Å²) in [4.78, 5) is 5.21. The van der Waals surface area contributed by atoms with Crippen LogP contribution in [0.15, 0.2) is 61.5 Å². The number of oxazole rings is 1. The average Bonchev–Trinajstić information content (AvgIpc) is 2.83. The standard InChI is InChI=1S/C14H7BrN2OS/c15-10-5-6-13(9(7-10)8-16)19-14-17-11-3-1-2-4-12(11)18-14/h1-7H. The molecule has 0 amide bonds. The molecule has 1 aromatic heterocycles. The smallest absolute Gasteiger partial charge is 0.261 e. The van der Waals surface area contributed by atoms with Crippen LogP contribution in [0.4, 0.5) is 0 Å². The second-order valence-electron chi connectivity index (χ2n) is 3.80. The van der Waals surface area contributed by atoms with Gasteiger partial charge in [-0.15, -0.1) is 0 Å². The minimum atomic E-state index is 0.542. The Kier molecular flexibility index (Phi) is 3.28. The van der Waals surface area contributed by atoms with E-state index in [4.69, 9.17) is 9.68 Å². The number of hydrogen-bond donors (Lipinski definition) is 0. The minimum Gasteiger partial charge on any atom is -0.431 e. The van der Waals surface area contributed by atoms with Crippen LogP contribution in [0.1, 0.15) is 5.56 Å². The lowest BCUT2D eigenvalue weighted by Crippen LogP contribution is -1.81. The summed E-state index contributed by atoms with van der Waals surface area (Å²) >= 11 is 4.70. The third-order valence-corrected chi connectivity index (χ3v) is 3.95. The molecule has 0 atom stereocenters. The maximum Gasteiger partial charge on any atom is 0.261 e. The van der Waals surface area contributed by atoms with E-state index in [9.17, 15) is 0 Å². The second kappa shape index (κ2) is 5.08. The van der Waals surface area contributed by atoms with Crippen LogP contribution >= 0.6 is 27.7 Å². The maximum atomic E-state index is 9.13.